The molecule has 4 nitrogen and oxygen atoms in total. The van der Waals surface area contributed by atoms with E-state index in [9.17, 15) is 0 Å². The van der Waals surface area contributed by atoms with Crippen LogP contribution < -0.4 is 5.73 Å². The first-order valence-corrected chi connectivity index (χ1v) is 5.29. The Kier molecular flexibility index (Phi) is 3.20. The Balaban J connectivity index is 2.35. The summed E-state index contributed by atoms with van der Waals surface area (Å²) in [5.41, 5.74) is 7.13. The summed E-state index contributed by atoms with van der Waals surface area (Å²) in [5.74, 6) is -0.870. The summed E-state index contributed by atoms with van der Waals surface area (Å²) in [6.07, 6.45) is 0.875. The largest absolute Gasteiger partial charge is 0.345 e. The van der Waals surface area contributed by atoms with E-state index in [-0.39, 0.29) is 6.54 Å². The molecule has 1 saturated heterocycles. The molecule has 0 saturated carbocycles. The molecule has 1 aliphatic heterocycles. The van der Waals surface area contributed by atoms with Crippen molar-refractivity contribution in [3.8, 4) is 6.07 Å². The molecule has 0 amide bonds. The molecule has 84 valence electrons. The number of nitriles is 1. The van der Waals surface area contributed by atoms with E-state index in [1.807, 2.05) is 12.1 Å². The predicted octanol–water partition coefficient (Wildman–Crippen LogP) is 1.11. The lowest BCUT2D eigenvalue weighted by Crippen LogP contribution is -2.44. The summed E-state index contributed by atoms with van der Waals surface area (Å²) in [6.45, 7) is 1.52. The third-order valence-corrected chi connectivity index (χ3v) is 2.66. The van der Waals surface area contributed by atoms with E-state index >= 15 is 0 Å². The van der Waals surface area contributed by atoms with Gasteiger partial charge in [0.1, 0.15) is 0 Å². The minimum atomic E-state index is -0.870. The van der Waals surface area contributed by atoms with E-state index < -0.39 is 5.79 Å². The average Bonchev–Trinajstić information content (AvgIpc) is 2.39. The number of hydrogen-bond donors (Lipinski definition) is 1. The van der Waals surface area contributed by atoms with Gasteiger partial charge in [-0.3, -0.25) is 0 Å². The molecule has 16 heavy (non-hydrogen) atoms. The molecule has 1 aromatic carbocycles. The number of nitrogens with zero attached hydrogens (tertiary/aromatic N) is 1. The fraction of sp³-hybridized carbons (Fsp3) is 0.417. The van der Waals surface area contributed by atoms with Crippen LogP contribution in [0.1, 0.15) is 17.5 Å². The van der Waals surface area contributed by atoms with Crippen LogP contribution in [-0.4, -0.2) is 19.8 Å². The first kappa shape index (κ1) is 11.1. The highest BCUT2D eigenvalue weighted by Gasteiger charge is 2.35. The second-order valence-corrected chi connectivity index (χ2v) is 3.70. The molecule has 1 aliphatic rings. The van der Waals surface area contributed by atoms with Crippen molar-refractivity contribution in [3.05, 3.63) is 35.4 Å². The number of ether oxygens (including phenoxy) is 2. The summed E-state index contributed by atoms with van der Waals surface area (Å²) in [5, 5.41) is 8.85. The van der Waals surface area contributed by atoms with Gasteiger partial charge in [0.2, 0.25) is 5.79 Å². The van der Waals surface area contributed by atoms with Crippen molar-refractivity contribution in [3.63, 3.8) is 0 Å². The molecule has 0 aliphatic carbocycles. The van der Waals surface area contributed by atoms with Crippen LogP contribution in [0.4, 0.5) is 0 Å². The SMILES string of the molecule is N#Cc1cccc(C2(CN)OCCCO2)c1. The summed E-state index contributed by atoms with van der Waals surface area (Å²) in [4.78, 5) is 0. The zero-order valence-electron chi connectivity index (χ0n) is 8.98. The maximum atomic E-state index is 8.85. The van der Waals surface area contributed by atoms with Crippen molar-refractivity contribution in [1.82, 2.24) is 0 Å². The molecule has 2 rings (SSSR count). The summed E-state index contributed by atoms with van der Waals surface area (Å²) in [7, 11) is 0. The smallest absolute Gasteiger partial charge is 0.207 e. The van der Waals surface area contributed by atoms with Crippen LogP contribution in [-0.2, 0) is 15.3 Å². The summed E-state index contributed by atoms with van der Waals surface area (Å²) >= 11 is 0. The van der Waals surface area contributed by atoms with Crippen molar-refractivity contribution in [2.24, 2.45) is 5.73 Å². The van der Waals surface area contributed by atoms with Crippen LogP contribution in [0.25, 0.3) is 0 Å². The standard InChI is InChI=1S/C12H14N2O2/c13-8-10-3-1-4-11(7-10)12(9-14)15-5-2-6-16-12/h1,3-4,7H,2,5-6,9,14H2. The number of benzene rings is 1. The molecule has 4 heteroatoms. The predicted molar refractivity (Wildman–Crippen MR) is 58.4 cm³/mol. The topological polar surface area (TPSA) is 68.3 Å². The van der Waals surface area contributed by atoms with Gasteiger partial charge < -0.3 is 15.2 Å². The fourth-order valence-corrected chi connectivity index (χ4v) is 1.80. The van der Waals surface area contributed by atoms with E-state index in [0.717, 1.165) is 12.0 Å². The van der Waals surface area contributed by atoms with Gasteiger partial charge in [0.05, 0.1) is 31.4 Å². The molecule has 0 aromatic heterocycles. The second-order valence-electron chi connectivity index (χ2n) is 3.70. The Morgan fingerprint density at radius 1 is 1.38 bits per heavy atom. The molecule has 0 atom stereocenters. The van der Waals surface area contributed by atoms with Crippen LogP contribution in [0.3, 0.4) is 0 Å². The fourth-order valence-electron chi connectivity index (χ4n) is 1.80. The second kappa shape index (κ2) is 4.62. The van der Waals surface area contributed by atoms with Gasteiger partial charge in [0, 0.05) is 5.56 Å². The lowest BCUT2D eigenvalue weighted by atomic mass is 10.0. The zero-order valence-corrected chi connectivity index (χ0v) is 8.98. The average molecular weight is 218 g/mol. The minimum absolute atomic E-state index is 0.252. The number of nitrogens with two attached hydrogens (primary N) is 1. The van der Waals surface area contributed by atoms with Crippen LogP contribution in [0.5, 0.6) is 0 Å². The highest BCUT2D eigenvalue weighted by Crippen LogP contribution is 2.30. The van der Waals surface area contributed by atoms with Crippen molar-refractivity contribution >= 4 is 0 Å². The monoisotopic (exact) mass is 218 g/mol. The first-order chi connectivity index (χ1) is 7.80. The quantitative estimate of drug-likeness (QED) is 0.807. The minimum Gasteiger partial charge on any atom is -0.345 e. The molecular formula is C12H14N2O2. The van der Waals surface area contributed by atoms with Gasteiger partial charge in [-0.2, -0.15) is 5.26 Å². The van der Waals surface area contributed by atoms with Crippen LogP contribution in [0.15, 0.2) is 24.3 Å². The lowest BCUT2D eigenvalue weighted by Gasteiger charge is -2.36. The Bertz CT molecular complexity index is 406. The van der Waals surface area contributed by atoms with Gasteiger partial charge in [-0.15, -0.1) is 0 Å². The van der Waals surface area contributed by atoms with Crippen molar-refractivity contribution in [2.45, 2.75) is 12.2 Å². The van der Waals surface area contributed by atoms with Gasteiger partial charge in [0.15, 0.2) is 0 Å². The summed E-state index contributed by atoms with van der Waals surface area (Å²) < 4.78 is 11.3. The van der Waals surface area contributed by atoms with Gasteiger partial charge in [-0.1, -0.05) is 12.1 Å². The molecule has 1 aromatic rings. The van der Waals surface area contributed by atoms with Crippen LogP contribution >= 0.6 is 0 Å². The molecular weight excluding hydrogens is 204 g/mol. The van der Waals surface area contributed by atoms with Crippen LogP contribution in [0.2, 0.25) is 0 Å². The van der Waals surface area contributed by atoms with E-state index in [2.05, 4.69) is 6.07 Å². The van der Waals surface area contributed by atoms with Crippen molar-refractivity contribution < 1.29 is 9.47 Å². The number of hydrogen-bond acceptors (Lipinski definition) is 4. The number of rotatable bonds is 2. The molecule has 0 radical (unpaired) electrons. The van der Waals surface area contributed by atoms with E-state index in [0.29, 0.717) is 18.8 Å². The molecule has 0 unspecified atom stereocenters. The molecule has 1 heterocycles. The Hall–Kier alpha value is -1.41. The third-order valence-electron chi connectivity index (χ3n) is 2.66. The maximum absolute atomic E-state index is 8.85. The van der Waals surface area contributed by atoms with Gasteiger partial charge in [-0.05, 0) is 18.6 Å². The van der Waals surface area contributed by atoms with Crippen LogP contribution in [0, 0.1) is 11.3 Å². The van der Waals surface area contributed by atoms with Gasteiger partial charge in [0.25, 0.3) is 0 Å². The first-order valence-electron chi connectivity index (χ1n) is 5.29. The maximum Gasteiger partial charge on any atom is 0.207 e. The van der Waals surface area contributed by atoms with Gasteiger partial charge >= 0.3 is 0 Å². The van der Waals surface area contributed by atoms with Gasteiger partial charge in [-0.25, -0.2) is 0 Å². The highest BCUT2D eigenvalue weighted by atomic mass is 16.7. The third kappa shape index (κ3) is 1.93. The van der Waals surface area contributed by atoms with E-state index in [1.54, 1.807) is 12.1 Å². The van der Waals surface area contributed by atoms with Crippen molar-refractivity contribution in [2.75, 3.05) is 19.8 Å². The highest BCUT2D eigenvalue weighted by molar-refractivity contribution is 5.35. The lowest BCUT2D eigenvalue weighted by molar-refractivity contribution is -0.269. The normalized spacial score (nSPS) is 19.0. The molecule has 2 N–H and O–H groups in total. The van der Waals surface area contributed by atoms with E-state index in [4.69, 9.17) is 20.5 Å². The Morgan fingerprint density at radius 2 is 2.12 bits per heavy atom. The molecule has 0 bridgehead atoms. The van der Waals surface area contributed by atoms with E-state index in [1.165, 1.54) is 0 Å². The van der Waals surface area contributed by atoms with Crippen molar-refractivity contribution in [1.29, 1.82) is 5.26 Å². The Labute approximate surface area is 94.6 Å². The zero-order chi connectivity index (χ0) is 11.4. The summed E-state index contributed by atoms with van der Waals surface area (Å²) in [6, 6.07) is 9.29. The molecule has 0 spiro atoms. The Morgan fingerprint density at radius 3 is 2.75 bits per heavy atom. The molecule has 1 fully saturated rings.